The monoisotopic (exact) mass is 283 g/mol. The van der Waals surface area contributed by atoms with Gasteiger partial charge in [-0.15, -0.1) is 11.3 Å². The van der Waals surface area contributed by atoms with Gasteiger partial charge in [0.2, 0.25) is 0 Å². The van der Waals surface area contributed by atoms with Gasteiger partial charge in [0.15, 0.2) is 0 Å². The lowest BCUT2D eigenvalue weighted by Gasteiger charge is -2.14. The number of aromatic nitrogens is 2. The van der Waals surface area contributed by atoms with Crippen molar-refractivity contribution in [3.8, 4) is 0 Å². The van der Waals surface area contributed by atoms with Crippen LogP contribution in [0, 0.1) is 6.92 Å². The number of hydrogen-bond acceptors (Lipinski definition) is 4. The van der Waals surface area contributed by atoms with Crippen molar-refractivity contribution in [2.75, 3.05) is 11.9 Å². The van der Waals surface area contributed by atoms with Crippen LogP contribution >= 0.6 is 11.3 Å². The van der Waals surface area contributed by atoms with E-state index in [0.717, 1.165) is 22.6 Å². The minimum Gasteiger partial charge on any atom is -0.369 e. The third-order valence-electron chi connectivity index (χ3n) is 3.50. The van der Waals surface area contributed by atoms with Gasteiger partial charge in [-0.2, -0.15) is 0 Å². The molecule has 0 aliphatic heterocycles. The number of thiophene rings is 1. The Bertz CT molecular complexity index is 706. The molecule has 0 saturated carbocycles. The number of nitrogens with one attached hydrogen (secondary N) is 1. The molecule has 1 atom stereocenters. The number of hydrogen-bond donors (Lipinski definition) is 1. The second-order valence-electron chi connectivity index (χ2n) is 5.01. The maximum Gasteiger partial charge on any atom is 0.138 e. The summed E-state index contributed by atoms with van der Waals surface area (Å²) in [6.07, 6.45) is 1.63. The summed E-state index contributed by atoms with van der Waals surface area (Å²) in [7, 11) is 0. The van der Waals surface area contributed by atoms with Crippen molar-refractivity contribution in [3.05, 3.63) is 53.2 Å². The number of rotatable bonds is 4. The van der Waals surface area contributed by atoms with E-state index in [-0.39, 0.29) is 0 Å². The first kappa shape index (κ1) is 13.1. The predicted molar refractivity (Wildman–Crippen MR) is 85.5 cm³/mol. The summed E-state index contributed by atoms with van der Waals surface area (Å²) in [6, 6.07) is 10.5. The summed E-state index contributed by atoms with van der Waals surface area (Å²) < 4.78 is 0. The zero-order valence-corrected chi connectivity index (χ0v) is 12.4. The topological polar surface area (TPSA) is 37.8 Å². The van der Waals surface area contributed by atoms with Crippen LogP contribution in [0.15, 0.2) is 42.0 Å². The maximum absolute atomic E-state index is 4.39. The molecule has 0 bridgehead atoms. The van der Waals surface area contributed by atoms with Crippen molar-refractivity contribution < 1.29 is 0 Å². The summed E-state index contributed by atoms with van der Waals surface area (Å²) in [5, 5.41) is 6.75. The largest absolute Gasteiger partial charge is 0.369 e. The number of fused-ring (bicyclic) bond motifs is 1. The van der Waals surface area contributed by atoms with Crippen molar-refractivity contribution >= 4 is 27.4 Å². The van der Waals surface area contributed by atoms with Crippen molar-refractivity contribution in [2.24, 2.45) is 0 Å². The molecule has 102 valence electrons. The first-order valence-electron chi connectivity index (χ1n) is 6.73. The molecule has 3 aromatic rings. The summed E-state index contributed by atoms with van der Waals surface area (Å²) in [6.45, 7) is 5.20. The highest BCUT2D eigenvalue weighted by molar-refractivity contribution is 7.17. The molecule has 20 heavy (non-hydrogen) atoms. The smallest absolute Gasteiger partial charge is 0.138 e. The molecule has 0 saturated heterocycles. The minimum absolute atomic E-state index is 0.445. The second-order valence-corrected chi connectivity index (χ2v) is 5.87. The molecule has 0 amide bonds. The summed E-state index contributed by atoms with van der Waals surface area (Å²) in [5.41, 5.74) is 2.58. The maximum atomic E-state index is 4.39. The van der Waals surface area contributed by atoms with E-state index in [1.807, 2.05) is 6.07 Å². The molecule has 3 nitrogen and oxygen atoms in total. The Morgan fingerprint density at radius 2 is 2.00 bits per heavy atom. The minimum atomic E-state index is 0.445. The molecule has 0 aliphatic rings. The summed E-state index contributed by atoms with van der Waals surface area (Å²) in [4.78, 5) is 9.75. The zero-order chi connectivity index (χ0) is 13.9. The van der Waals surface area contributed by atoms with Gasteiger partial charge < -0.3 is 5.32 Å². The molecule has 2 aromatic heterocycles. The average Bonchev–Trinajstić information content (AvgIpc) is 2.88. The molecule has 0 spiro atoms. The van der Waals surface area contributed by atoms with Gasteiger partial charge in [0, 0.05) is 6.54 Å². The normalized spacial score (nSPS) is 12.5. The third-order valence-corrected chi connectivity index (χ3v) is 4.50. The lowest BCUT2D eigenvalue weighted by atomic mass is 10.0. The Labute approximate surface area is 122 Å². The van der Waals surface area contributed by atoms with E-state index in [2.05, 4.69) is 58.8 Å². The SMILES string of the molecule is Cc1csc2ncnc(NCC(C)c3ccccc3)c12. The van der Waals surface area contributed by atoms with Crippen LogP contribution in [0.2, 0.25) is 0 Å². The lowest BCUT2D eigenvalue weighted by molar-refractivity contribution is 0.802. The van der Waals surface area contributed by atoms with Crippen LogP contribution in [0.1, 0.15) is 24.0 Å². The Morgan fingerprint density at radius 1 is 1.20 bits per heavy atom. The van der Waals surface area contributed by atoms with Crippen LogP contribution in [0.25, 0.3) is 10.2 Å². The molecule has 0 aliphatic carbocycles. The Balaban J connectivity index is 1.79. The predicted octanol–water partition coefficient (Wildman–Crippen LogP) is 4.22. The van der Waals surface area contributed by atoms with E-state index in [4.69, 9.17) is 0 Å². The number of anilines is 1. The van der Waals surface area contributed by atoms with Crippen LogP contribution in [0.4, 0.5) is 5.82 Å². The van der Waals surface area contributed by atoms with Crippen molar-refractivity contribution in [1.82, 2.24) is 9.97 Å². The van der Waals surface area contributed by atoms with Gasteiger partial charge in [-0.05, 0) is 29.3 Å². The fraction of sp³-hybridized carbons (Fsp3) is 0.250. The van der Waals surface area contributed by atoms with Gasteiger partial charge in [-0.3, -0.25) is 0 Å². The average molecular weight is 283 g/mol. The molecule has 0 fully saturated rings. The fourth-order valence-electron chi connectivity index (χ4n) is 2.30. The van der Waals surface area contributed by atoms with Crippen molar-refractivity contribution in [1.29, 1.82) is 0 Å². The lowest BCUT2D eigenvalue weighted by Crippen LogP contribution is -2.11. The van der Waals surface area contributed by atoms with Crippen LogP contribution in [0.3, 0.4) is 0 Å². The van der Waals surface area contributed by atoms with E-state index in [9.17, 15) is 0 Å². The highest BCUT2D eigenvalue weighted by Crippen LogP contribution is 2.28. The van der Waals surface area contributed by atoms with E-state index in [0.29, 0.717) is 5.92 Å². The molecule has 2 heterocycles. The highest BCUT2D eigenvalue weighted by atomic mass is 32.1. The van der Waals surface area contributed by atoms with Crippen LogP contribution < -0.4 is 5.32 Å². The van der Waals surface area contributed by atoms with Gasteiger partial charge in [-0.1, -0.05) is 37.3 Å². The molecule has 1 aromatic carbocycles. The van der Waals surface area contributed by atoms with Gasteiger partial charge in [-0.25, -0.2) is 9.97 Å². The number of benzene rings is 1. The van der Waals surface area contributed by atoms with E-state index in [1.54, 1.807) is 17.7 Å². The van der Waals surface area contributed by atoms with Crippen LogP contribution in [-0.2, 0) is 0 Å². The van der Waals surface area contributed by atoms with E-state index >= 15 is 0 Å². The Kier molecular flexibility index (Phi) is 3.65. The number of aryl methyl sites for hydroxylation is 1. The van der Waals surface area contributed by atoms with Crippen LogP contribution in [0.5, 0.6) is 0 Å². The molecule has 1 unspecified atom stereocenters. The van der Waals surface area contributed by atoms with E-state index in [1.165, 1.54) is 11.1 Å². The first-order valence-corrected chi connectivity index (χ1v) is 7.61. The van der Waals surface area contributed by atoms with Gasteiger partial charge in [0.1, 0.15) is 17.0 Å². The van der Waals surface area contributed by atoms with Crippen molar-refractivity contribution in [3.63, 3.8) is 0 Å². The summed E-state index contributed by atoms with van der Waals surface area (Å²) in [5.74, 6) is 1.39. The van der Waals surface area contributed by atoms with Gasteiger partial charge >= 0.3 is 0 Å². The summed E-state index contributed by atoms with van der Waals surface area (Å²) >= 11 is 1.67. The first-order chi connectivity index (χ1) is 9.75. The van der Waals surface area contributed by atoms with E-state index < -0.39 is 0 Å². The molecule has 1 N–H and O–H groups in total. The highest BCUT2D eigenvalue weighted by Gasteiger charge is 2.10. The molecular weight excluding hydrogens is 266 g/mol. The van der Waals surface area contributed by atoms with Gasteiger partial charge in [0.05, 0.1) is 5.39 Å². The molecule has 3 rings (SSSR count). The molecular formula is C16H17N3S. The van der Waals surface area contributed by atoms with Crippen LogP contribution in [-0.4, -0.2) is 16.5 Å². The number of nitrogens with zero attached hydrogens (tertiary/aromatic N) is 2. The van der Waals surface area contributed by atoms with Gasteiger partial charge in [0.25, 0.3) is 0 Å². The second kappa shape index (κ2) is 5.59. The quantitative estimate of drug-likeness (QED) is 0.779. The zero-order valence-electron chi connectivity index (χ0n) is 11.6. The van der Waals surface area contributed by atoms with Crippen molar-refractivity contribution in [2.45, 2.75) is 19.8 Å². The fourth-order valence-corrected chi connectivity index (χ4v) is 3.19. The molecule has 0 radical (unpaired) electrons. The Hall–Kier alpha value is -1.94. The third kappa shape index (κ3) is 2.51. The molecule has 4 heteroatoms. The Morgan fingerprint density at radius 3 is 2.80 bits per heavy atom. The standard InChI is InChI=1S/C16H17N3S/c1-11(13-6-4-3-5-7-13)8-17-15-14-12(2)9-20-16(14)19-10-18-15/h3-7,9-11H,8H2,1-2H3,(H,17,18,19).